The van der Waals surface area contributed by atoms with Crippen LogP contribution in [0.2, 0.25) is 0 Å². The molecule has 0 amide bonds. The van der Waals surface area contributed by atoms with E-state index in [2.05, 4.69) is 9.97 Å². The van der Waals surface area contributed by atoms with E-state index in [-0.39, 0.29) is 81.5 Å². The predicted octanol–water partition coefficient (Wildman–Crippen LogP) is 3.92. The van der Waals surface area contributed by atoms with Crippen LogP contribution < -0.4 is 11.5 Å². The molecule has 0 spiro atoms. The smallest absolute Gasteiger partial charge is 0.354 e. The van der Waals surface area contributed by atoms with Gasteiger partial charge in [0.1, 0.15) is 11.4 Å². The molecule has 0 fully saturated rings. The second kappa shape index (κ2) is 11.0. The van der Waals surface area contributed by atoms with Gasteiger partial charge in [0.15, 0.2) is 0 Å². The number of hydrogen-bond donors (Lipinski definition) is 4. The molecule has 0 unspecified atom stereocenters. The van der Waals surface area contributed by atoms with Gasteiger partial charge in [-0.15, -0.1) is 0 Å². The molecule has 2 radical (unpaired) electrons. The van der Waals surface area contributed by atoms with Gasteiger partial charge in [-0.3, -0.25) is 0 Å². The minimum Gasteiger partial charge on any atom is -0.477 e. The van der Waals surface area contributed by atoms with E-state index in [4.69, 9.17) is 11.5 Å². The van der Waals surface area contributed by atoms with Crippen molar-refractivity contribution in [2.45, 2.75) is 0 Å². The number of para-hydroxylation sites is 2. The van der Waals surface area contributed by atoms with Crippen LogP contribution in [0.25, 0.3) is 44.1 Å². The van der Waals surface area contributed by atoms with Gasteiger partial charge in [0.05, 0.1) is 11.0 Å². The summed E-state index contributed by atoms with van der Waals surface area (Å²) in [5, 5.41) is 20.7. The van der Waals surface area contributed by atoms with Crippen LogP contribution in [0.4, 0.5) is 11.4 Å². The zero-order chi connectivity index (χ0) is 24.0. The van der Waals surface area contributed by atoms with E-state index in [1.807, 2.05) is 12.1 Å². The van der Waals surface area contributed by atoms with Gasteiger partial charge in [-0.1, -0.05) is 48.5 Å². The van der Waals surface area contributed by atoms with Gasteiger partial charge >= 0.3 is 11.9 Å². The number of rotatable bonds is 4. The van der Waals surface area contributed by atoms with E-state index in [0.717, 1.165) is 0 Å². The summed E-state index contributed by atoms with van der Waals surface area (Å²) in [4.78, 5) is 32.6. The molecule has 168 valence electrons. The molecule has 0 aliphatic heterocycles. The molecule has 6 N–H and O–H groups in total. The molecule has 5 rings (SSSR count). The molecule has 5 aromatic rings. The SMILES string of the molecule is Nc1ccccc1-c1cc(C(=O)O)nc2c1ccc1c(-c3ccccc3N)cc(C(=O)O)nc12.[Na].[Na]. The largest absolute Gasteiger partial charge is 0.477 e. The van der Waals surface area contributed by atoms with E-state index < -0.39 is 11.9 Å². The number of fused-ring (bicyclic) bond motifs is 3. The molecule has 2 heterocycles. The Bertz CT molecular complexity index is 1530. The van der Waals surface area contributed by atoms with Gasteiger partial charge in [0.25, 0.3) is 0 Å². The first-order valence-corrected chi connectivity index (χ1v) is 10.3. The quantitative estimate of drug-likeness (QED) is 0.166. The van der Waals surface area contributed by atoms with Crippen LogP contribution in [-0.2, 0) is 0 Å². The van der Waals surface area contributed by atoms with Gasteiger partial charge in [-0.05, 0) is 35.4 Å². The fourth-order valence-corrected chi connectivity index (χ4v) is 4.12. The molecule has 0 aliphatic rings. The third kappa shape index (κ3) is 4.84. The average molecular weight is 496 g/mol. The van der Waals surface area contributed by atoms with Gasteiger partial charge < -0.3 is 21.7 Å². The van der Waals surface area contributed by atoms with Crippen molar-refractivity contribution in [1.82, 2.24) is 9.97 Å². The molecule has 2 aromatic heterocycles. The minimum absolute atomic E-state index is 0. The van der Waals surface area contributed by atoms with Gasteiger partial charge in [0.2, 0.25) is 0 Å². The summed E-state index contributed by atoms with van der Waals surface area (Å²) in [6, 6.07) is 20.7. The van der Waals surface area contributed by atoms with Crippen LogP contribution in [0.5, 0.6) is 0 Å². The van der Waals surface area contributed by atoms with Crippen molar-refractivity contribution < 1.29 is 19.8 Å². The zero-order valence-corrected chi connectivity index (χ0v) is 23.7. The number of anilines is 2. The molecule has 3 aromatic carbocycles. The predicted molar refractivity (Wildman–Crippen MR) is 142 cm³/mol. The topological polar surface area (TPSA) is 152 Å². The fraction of sp³-hybridized carbons (Fsp3) is 0. The third-order valence-corrected chi connectivity index (χ3v) is 5.70. The molecule has 0 atom stereocenters. The first kappa shape index (κ1) is 27.6. The summed E-state index contributed by atoms with van der Waals surface area (Å²) >= 11 is 0. The molecule has 36 heavy (non-hydrogen) atoms. The van der Waals surface area contributed by atoms with E-state index in [0.29, 0.717) is 44.4 Å². The number of nitrogens with two attached hydrogens (primary N) is 2. The summed E-state index contributed by atoms with van der Waals surface area (Å²) in [5.74, 6) is -2.45. The van der Waals surface area contributed by atoms with Crippen LogP contribution in [0.15, 0.2) is 72.8 Å². The average Bonchev–Trinajstić information content (AvgIpc) is 2.83. The first-order valence-electron chi connectivity index (χ1n) is 10.3. The molecule has 0 saturated carbocycles. The molecule has 0 aliphatic carbocycles. The van der Waals surface area contributed by atoms with Crippen molar-refractivity contribution in [3.63, 3.8) is 0 Å². The second-order valence-electron chi connectivity index (χ2n) is 7.75. The Morgan fingerprint density at radius 1 is 0.583 bits per heavy atom. The van der Waals surface area contributed by atoms with E-state index in [1.165, 1.54) is 12.1 Å². The molecular formula is C26H18N4Na2O4. The maximum Gasteiger partial charge on any atom is 0.354 e. The third-order valence-electron chi connectivity index (χ3n) is 5.70. The molecule has 10 heteroatoms. The van der Waals surface area contributed by atoms with Crippen LogP contribution >= 0.6 is 0 Å². The molecule has 8 nitrogen and oxygen atoms in total. The number of aromatic nitrogens is 2. The number of carboxylic acid groups (broad SMARTS) is 2. The van der Waals surface area contributed by atoms with Crippen molar-refractivity contribution in [3.8, 4) is 22.3 Å². The molecular weight excluding hydrogens is 478 g/mol. The number of pyridine rings is 2. The maximum atomic E-state index is 11.9. The van der Waals surface area contributed by atoms with Crippen LogP contribution in [-0.4, -0.2) is 91.2 Å². The Balaban J connectivity index is 0.00000180. The van der Waals surface area contributed by atoms with Crippen molar-refractivity contribution >= 4 is 104 Å². The van der Waals surface area contributed by atoms with Gasteiger partial charge in [-0.2, -0.15) is 0 Å². The number of aromatic carboxylic acids is 2. The van der Waals surface area contributed by atoms with Crippen LogP contribution in [0.1, 0.15) is 21.0 Å². The van der Waals surface area contributed by atoms with E-state index in [9.17, 15) is 19.8 Å². The zero-order valence-electron chi connectivity index (χ0n) is 19.7. The van der Waals surface area contributed by atoms with Crippen molar-refractivity contribution in [2.75, 3.05) is 11.5 Å². The van der Waals surface area contributed by atoms with Crippen LogP contribution in [0.3, 0.4) is 0 Å². The minimum atomic E-state index is -1.23. The Morgan fingerprint density at radius 3 is 1.28 bits per heavy atom. The maximum absolute atomic E-state index is 11.9. The van der Waals surface area contributed by atoms with Crippen LogP contribution in [0, 0.1) is 0 Å². The number of carbonyl (C=O) groups is 2. The summed E-state index contributed by atoms with van der Waals surface area (Å²) in [6.07, 6.45) is 0. The summed E-state index contributed by atoms with van der Waals surface area (Å²) in [7, 11) is 0. The normalized spacial score (nSPS) is 10.4. The van der Waals surface area contributed by atoms with Crippen molar-refractivity contribution in [2.24, 2.45) is 0 Å². The number of carboxylic acids is 2. The second-order valence-corrected chi connectivity index (χ2v) is 7.75. The Kier molecular flexibility index (Phi) is 8.40. The number of benzene rings is 3. The van der Waals surface area contributed by atoms with E-state index >= 15 is 0 Å². The standard InChI is InChI=1S/C26H18N4O4.2Na/c27-19-7-3-1-5-13(19)17-11-21(25(31)32)29-23-15(17)9-10-16-18(14-6-2-4-8-20(14)28)12-22(26(33)34)30-24(16)23;;/h1-12H,27-28H2,(H,31,32)(H,33,34);;. The van der Waals surface area contributed by atoms with Gasteiger partial charge in [0, 0.05) is 92.4 Å². The summed E-state index contributed by atoms with van der Waals surface area (Å²) < 4.78 is 0. The molecule has 0 saturated heterocycles. The number of nitrogens with zero attached hydrogens (tertiary/aromatic N) is 2. The summed E-state index contributed by atoms with van der Waals surface area (Å²) in [6.45, 7) is 0. The Hall–Kier alpha value is -2.98. The number of hydrogen-bond acceptors (Lipinski definition) is 6. The van der Waals surface area contributed by atoms with Crippen molar-refractivity contribution in [3.05, 3.63) is 84.2 Å². The van der Waals surface area contributed by atoms with Crippen molar-refractivity contribution in [1.29, 1.82) is 0 Å². The van der Waals surface area contributed by atoms with E-state index in [1.54, 1.807) is 48.5 Å². The molecule has 0 bridgehead atoms. The van der Waals surface area contributed by atoms with Gasteiger partial charge in [-0.25, -0.2) is 19.6 Å². The monoisotopic (exact) mass is 496 g/mol. The fourth-order valence-electron chi connectivity index (χ4n) is 4.12. The first-order chi connectivity index (χ1) is 16.3. The summed E-state index contributed by atoms with van der Waals surface area (Å²) in [5.41, 5.74) is 15.8. The Morgan fingerprint density at radius 2 is 0.944 bits per heavy atom. The number of nitrogen functional groups attached to an aromatic ring is 2. The Labute approximate surface area is 249 Å².